The summed E-state index contributed by atoms with van der Waals surface area (Å²) in [5.74, 6) is -0.488. The van der Waals surface area contributed by atoms with Crippen LogP contribution in [0.5, 0.6) is 0 Å². The number of hydrogen-bond donors (Lipinski definition) is 1. The molecule has 1 unspecified atom stereocenters. The van der Waals surface area contributed by atoms with Crippen molar-refractivity contribution in [3.8, 4) is 0 Å². The summed E-state index contributed by atoms with van der Waals surface area (Å²) in [6.07, 6.45) is 0. The molecule has 0 radical (unpaired) electrons. The lowest BCUT2D eigenvalue weighted by atomic mass is 10.1. The molecule has 3 aromatic rings. The van der Waals surface area contributed by atoms with E-state index < -0.39 is 15.9 Å². The van der Waals surface area contributed by atoms with Gasteiger partial charge in [0, 0.05) is 12.1 Å². The molecule has 0 bridgehead atoms. The van der Waals surface area contributed by atoms with Gasteiger partial charge in [0.2, 0.25) is 0 Å². The van der Waals surface area contributed by atoms with Crippen LogP contribution in [0.3, 0.4) is 0 Å². The molecule has 3 rings (SSSR count). The summed E-state index contributed by atoms with van der Waals surface area (Å²) in [4.78, 5) is 12.9. The Bertz CT molecular complexity index is 1120. The van der Waals surface area contributed by atoms with E-state index >= 15 is 0 Å². The van der Waals surface area contributed by atoms with E-state index in [1.807, 2.05) is 18.2 Å². The predicted molar refractivity (Wildman–Crippen MR) is 116 cm³/mol. The largest absolute Gasteiger partial charge is 0.345 e. The molecule has 0 aromatic heterocycles. The number of benzene rings is 3. The van der Waals surface area contributed by atoms with Crippen LogP contribution in [0, 0.1) is 0 Å². The highest BCUT2D eigenvalue weighted by Crippen LogP contribution is 2.26. The number of sulfonamides is 1. The highest BCUT2D eigenvalue weighted by atomic mass is 35.5. The lowest BCUT2D eigenvalue weighted by Crippen LogP contribution is -2.32. The summed E-state index contributed by atoms with van der Waals surface area (Å²) in [5.41, 5.74) is 1.34. The minimum atomic E-state index is -3.93. The van der Waals surface area contributed by atoms with Crippen molar-refractivity contribution in [3.63, 3.8) is 0 Å². The van der Waals surface area contributed by atoms with Crippen molar-refractivity contribution in [2.75, 3.05) is 11.4 Å². The maximum atomic E-state index is 13.2. The van der Waals surface area contributed by atoms with Crippen LogP contribution in [0.15, 0.2) is 83.8 Å². The van der Waals surface area contributed by atoms with Gasteiger partial charge in [-0.1, -0.05) is 60.1 Å². The third kappa shape index (κ3) is 4.44. The van der Waals surface area contributed by atoms with Crippen LogP contribution in [-0.4, -0.2) is 21.4 Å². The monoisotopic (exact) mass is 428 g/mol. The fourth-order valence-electron chi connectivity index (χ4n) is 2.98. The molecule has 0 aliphatic rings. The van der Waals surface area contributed by atoms with E-state index in [0.29, 0.717) is 10.7 Å². The van der Waals surface area contributed by atoms with Crippen molar-refractivity contribution in [1.29, 1.82) is 0 Å². The van der Waals surface area contributed by atoms with Crippen LogP contribution < -0.4 is 9.62 Å². The molecule has 0 fully saturated rings. The zero-order valence-corrected chi connectivity index (χ0v) is 17.6. The van der Waals surface area contributed by atoms with E-state index in [-0.39, 0.29) is 16.5 Å². The lowest BCUT2D eigenvalue weighted by molar-refractivity contribution is 0.0936. The van der Waals surface area contributed by atoms with Gasteiger partial charge in [-0.3, -0.25) is 9.10 Å². The molecule has 0 saturated heterocycles. The van der Waals surface area contributed by atoms with E-state index in [9.17, 15) is 13.2 Å². The fourth-order valence-corrected chi connectivity index (χ4v) is 4.66. The van der Waals surface area contributed by atoms with Crippen molar-refractivity contribution in [1.82, 2.24) is 5.32 Å². The summed E-state index contributed by atoms with van der Waals surface area (Å²) in [5, 5.41) is 3.37. The van der Waals surface area contributed by atoms with Crippen LogP contribution in [0.4, 0.5) is 5.69 Å². The van der Waals surface area contributed by atoms with Crippen molar-refractivity contribution in [2.24, 2.45) is 0 Å². The van der Waals surface area contributed by atoms with Gasteiger partial charge < -0.3 is 5.32 Å². The van der Waals surface area contributed by atoms with Gasteiger partial charge in [-0.2, -0.15) is 0 Å². The number of rotatable bonds is 6. The number of amides is 1. The average molecular weight is 429 g/mol. The second kappa shape index (κ2) is 8.68. The number of anilines is 1. The van der Waals surface area contributed by atoms with Gasteiger partial charge >= 0.3 is 0 Å². The first kappa shape index (κ1) is 20.9. The Morgan fingerprint density at radius 1 is 0.931 bits per heavy atom. The molecule has 29 heavy (non-hydrogen) atoms. The molecule has 150 valence electrons. The smallest absolute Gasteiger partial charge is 0.264 e. The van der Waals surface area contributed by atoms with E-state index in [4.69, 9.17) is 11.6 Å². The molecule has 1 atom stereocenters. The van der Waals surface area contributed by atoms with Crippen LogP contribution in [0.1, 0.15) is 28.9 Å². The summed E-state index contributed by atoms with van der Waals surface area (Å²) in [6.45, 7) is 1.80. The summed E-state index contributed by atoms with van der Waals surface area (Å²) in [7, 11) is -2.47. The van der Waals surface area contributed by atoms with Gasteiger partial charge in [0.1, 0.15) is 4.90 Å². The SMILES string of the molecule is CC(NC(=O)c1ccccc1S(=O)(=O)N(C)c1ccccc1)c1ccccc1Cl. The zero-order valence-electron chi connectivity index (χ0n) is 16.0. The second-order valence-corrected chi connectivity index (χ2v) is 8.87. The third-order valence-corrected chi connectivity index (χ3v) is 6.80. The van der Waals surface area contributed by atoms with E-state index in [1.54, 1.807) is 55.5 Å². The summed E-state index contributed by atoms with van der Waals surface area (Å²) >= 11 is 6.21. The maximum Gasteiger partial charge on any atom is 0.264 e. The van der Waals surface area contributed by atoms with E-state index in [2.05, 4.69) is 5.32 Å². The standard InChI is InChI=1S/C22H21ClN2O3S/c1-16(18-12-6-8-14-20(18)23)24-22(26)19-13-7-9-15-21(19)29(27,28)25(2)17-10-4-3-5-11-17/h3-16H,1-2H3,(H,24,26). The molecule has 0 spiro atoms. The third-order valence-electron chi connectivity index (χ3n) is 4.61. The lowest BCUT2D eigenvalue weighted by Gasteiger charge is -2.22. The first-order valence-corrected chi connectivity index (χ1v) is 10.8. The van der Waals surface area contributed by atoms with Gasteiger partial charge in [0.25, 0.3) is 15.9 Å². The molecule has 0 heterocycles. The molecule has 5 nitrogen and oxygen atoms in total. The average Bonchev–Trinajstić information content (AvgIpc) is 2.74. The Kier molecular flexibility index (Phi) is 6.25. The van der Waals surface area contributed by atoms with Crippen LogP contribution in [0.25, 0.3) is 0 Å². The Balaban J connectivity index is 1.92. The predicted octanol–water partition coefficient (Wildman–Crippen LogP) is 4.66. The highest BCUT2D eigenvalue weighted by molar-refractivity contribution is 7.92. The van der Waals surface area contributed by atoms with Gasteiger partial charge in [-0.15, -0.1) is 0 Å². The van der Waals surface area contributed by atoms with Crippen molar-refractivity contribution in [2.45, 2.75) is 17.9 Å². The molecule has 0 saturated carbocycles. The van der Waals surface area contributed by atoms with Crippen molar-refractivity contribution >= 4 is 33.2 Å². The topological polar surface area (TPSA) is 66.5 Å². The Labute approximate surface area is 176 Å². The minimum absolute atomic E-state index is 0.0600. The maximum absolute atomic E-state index is 13.2. The molecule has 7 heteroatoms. The zero-order chi connectivity index (χ0) is 21.0. The molecular formula is C22H21ClN2O3S. The van der Waals surface area contributed by atoms with Crippen LogP contribution in [-0.2, 0) is 10.0 Å². The minimum Gasteiger partial charge on any atom is -0.345 e. The molecule has 0 aliphatic heterocycles. The van der Waals surface area contributed by atoms with Crippen LogP contribution >= 0.6 is 11.6 Å². The quantitative estimate of drug-likeness (QED) is 0.621. The van der Waals surface area contributed by atoms with E-state index in [0.717, 1.165) is 9.87 Å². The second-order valence-electron chi connectivity index (χ2n) is 6.52. The molecule has 1 N–H and O–H groups in total. The molecule has 3 aromatic carbocycles. The number of nitrogens with one attached hydrogen (secondary N) is 1. The van der Waals surface area contributed by atoms with Gasteiger partial charge in [-0.25, -0.2) is 8.42 Å². The number of nitrogens with zero attached hydrogens (tertiary/aromatic N) is 1. The Hall–Kier alpha value is -2.83. The Morgan fingerprint density at radius 3 is 2.21 bits per heavy atom. The van der Waals surface area contributed by atoms with Gasteiger partial charge in [-0.05, 0) is 42.8 Å². The molecule has 0 aliphatic carbocycles. The molecular weight excluding hydrogens is 408 g/mol. The number of carbonyl (C=O) groups is 1. The number of para-hydroxylation sites is 1. The summed E-state index contributed by atoms with van der Waals surface area (Å²) in [6, 6.07) is 21.7. The summed E-state index contributed by atoms with van der Waals surface area (Å²) < 4.78 is 27.5. The van der Waals surface area contributed by atoms with Crippen LogP contribution in [0.2, 0.25) is 5.02 Å². The van der Waals surface area contributed by atoms with Gasteiger partial charge in [0.15, 0.2) is 0 Å². The normalized spacial score (nSPS) is 12.2. The van der Waals surface area contributed by atoms with Crippen molar-refractivity contribution < 1.29 is 13.2 Å². The number of carbonyl (C=O) groups excluding carboxylic acids is 1. The Morgan fingerprint density at radius 2 is 1.52 bits per heavy atom. The van der Waals surface area contributed by atoms with E-state index in [1.165, 1.54) is 19.2 Å². The van der Waals surface area contributed by atoms with Crippen molar-refractivity contribution in [3.05, 3.63) is 95.0 Å². The first-order chi connectivity index (χ1) is 13.8. The number of halogens is 1. The fraction of sp³-hybridized carbons (Fsp3) is 0.136. The number of hydrogen-bond acceptors (Lipinski definition) is 3. The first-order valence-electron chi connectivity index (χ1n) is 9.00. The highest BCUT2D eigenvalue weighted by Gasteiger charge is 2.27. The van der Waals surface area contributed by atoms with Gasteiger partial charge in [0.05, 0.1) is 17.3 Å². The molecule has 1 amide bonds.